The molecule has 1 aromatic heterocycles. The Morgan fingerprint density at radius 2 is 2.29 bits per heavy atom. The molecule has 0 unspecified atom stereocenters. The molecule has 0 bridgehead atoms. The highest BCUT2D eigenvalue weighted by Gasteiger charge is 2.29. The lowest BCUT2D eigenvalue weighted by Gasteiger charge is -2.33. The third-order valence-corrected chi connectivity index (χ3v) is 4.07. The van der Waals surface area contributed by atoms with Gasteiger partial charge >= 0.3 is 5.97 Å². The van der Waals surface area contributed by atoms with Crippen LogP contribution in [0, 0.1) is 17.2 Å². The second-order valence-corrected chi connectivity index (χ2v) is 5.80. The number of hydrogen-bond donors (Lipinski definition) is 0. The van der Waals surface area contributed by atoms with Gasteiger partial charge in [0.15, 0.2) is 0 Å². The summed E-state index contributed by atoms with van der Waals surface area (Å²) in [5, 5.41) is 8.77. The number of pyridine rings is 1. The molecule has 24 heavy (non-hydrogen) atoms. The van der Waals surface area contributed by atoms with Gasteiger partial charge in [-0.2, -0.15) is 5.26 Å². The summed E-state index contributed by atoms with van der Waals surface area (Å²) in [5.41, 5.74) is 1.10. The van der Waals surface area contributed by atoms with Gasteiger partial charge in [-0.05, 0) is 31.9 Å². The number of nitriles is 1. The predicted molar refractivity (Wildman–Crippen MR) is 88.2 cm³/mol. The lowest BCUT2D eigenvalue weighted by molar-refractivity contribution is -0.151. The van der Waals surface area contributed by atoms with E-state index in [0.717, 1.165) is 18.5 Å². The van der Waals surface area contributed by atoms with Gasteiger partial charge < -0.3 is 14.5 Å². The maximum atomic E-state index is 12.5. The summed E-state index contributed by atoms with van der Waals surface area (Å²) in [6.07, 6.45) is 3.14. The number of esters is 1. The summed E-state index contributed by atoms with van der Waals surface area (Å²) in [6.45, 7) is 3.41. The van der Waals surface area contributed by atoms with Crippen molar-refractivity contribution < 1.29 is 14.3 Å². The number of ether oxygens (including phenoxy) is 1. The summed E-state index contributed by atoms with van der Waals surface area (Å²) in [5.74, 6) is -0.486. The van der Waals surface area contributed by atoms with E-state index in [2.05, 4.69) is 4.98 Å². The van der Waals surface area contributed by atoms with E-state index in [1.54, 1.807) is 42.1 Å². The van der Waals surface area contributed by atoms with Crippen LogP contribution in [-0.4, -0.2) is 55.0 Å². The molecule has 0 radical (unpaired) electrons. The van der Waals surface area contributed by atoms with E-state index in [4.69, 9.17) is 10.00 Å². The Balaban J connectivity index is 1.93. The van der Waals surface area contributed by atoms with Crippen LogP contribution in [0.3, 0.4) is 0 Å². The van der Waals surface area contributed by atoms with Gasteiger partial charge in [-0.15, -0.1) is 0 Å². The average Bonchev–Trinajstić information content (AvgIpc) is 2.62. The summed E-state index contributed by atoms with van der Waals surface area (Å²) in [6, 6.07) is 5.34. The quantitative estimate of drug-likeness (QED) is 0.754. The number of nitrogens with zero attached hydrogens (tertiary/aromatic N) is 4. The van der Waals surface area contributed by atoms with Crippen molar-refractivity contribution in [2.24, 2.45) is 5.92 Å². The van der Waals surface area contributed by atoms with Crippen LogP contribution in [0.25, 0.3) is 0 Å². The molecule has 7 heteroatoms. The lowest BCUT2D eigenvalue weighted by Crippen LogP contribution is -2.46. The van der Waals surface area contributed by atoms with Crippen molar-refractivity contribution in [1.82, 2.24) is 9.88 Å². The minimum atomic E-state index is -0.232. The van der Waals surface area contributed by atoms with Crippen LogP contribution in [0.5, 0.6) is 0 Å². The van der Waals surface area contributed by atoms with E-state index < -0.39 is 0 Å². The summed E-state index contributed by atoms with van der Waals surface area (Å²) >= 11 is 0. The molecular formula is C17H22N4O3. The number of likely N-dealkylation sites (tertiary alicyclic amines) is 1. The fourth-order valence-electron chi connectivity index (χ4n) is 2.73. The number of rotatable bonds is 5. The lowest BCUT2D eigenvalue weighted by atomic mass is 9.98. The monoisotopic (exact) mass is 330 g/mol. The molecule has 128 valence electrons. The maximum Gasteiger partial charge on any atom is 0.310 e. The van der Waals surface area contributed by atoms with Gasteiger partial charge in [0.2, 0.25) is 5.91 Å². The molecule has 0 aromatic carbocycles. The minimum absolute atomic E-state index is 0.0316. The first-order valence-electron chi connectivity index (χ1n) is 8.06. The third-order valence-electron chi connectivity index (χ3n) is 4.07. The molecule has 1 amide bonds. The van der Waals surface area contributed by atoms with E-state index in [-0.39, 0.29) is 24.3 Å². The highest BCUT2D eigenvalue weighted by Crippen LogP contribution is 2.19. The number of carbonyl (C=O) groups excluding carboxylic acids is 2. The zero-order chi connectivity index (χ0) is 17.5. The van der Waals surface area contributed by atoms with Gasteiger partial charge in [-0.25, -0.2) is 4.98 Å². The highest BCUT2D eigenvalue weighted by molar-refractivity contribution is 5.82. The number of likely N-dealkylation sites (N-methyl/N-ethyl adjacent to an activating group) is 1. The van der Waals surface area contributed by atoms with Crippen molar-refractivity contribution in [1.29, 1.82) is 5.26 Å². The van der Waals surface area contributed by atoms with Crippen LogP contribution in [0.2, 0.25) is 0 Å². The number of amides is 1. The molecule has 1 saturated heterocycles. The molecule has 0 N–H and O–H groups in total. The molecule has 1 aliphatic rings. The summed E-state index contributed by atoms with van der Waals surface area (Å²) in [7, 11) is 1.80. The van der Waals surface area contributed by atoms with Crippen LogP contribution < -0.4 is 4.90 Å². The number of piperidine rings is 1. The van der Waals surface area contributed by atoms with Crippen molar-refractivity contribution in [2.45, 2.75) is 19.8 Å². The van der Waals surface area contributed by atoms with Gasteiger partial charge in [0, 0.05) is 20.1 Å². The second-order valence-electron chi connectivity index (χ2n) is 5.80. The Morgan fingerprint density at radius 1 is 1.50 bits per heavy atom. The zero-order valence-corrected chi connectivity index (χ0v) is 14.1. The van der Waals surface area contributed by atoms with Crippen LogP contribution in [0.15, 0.2) is 18.3 Å². The van der Waals surface area contributed by atoms with Gasteiger partial charge in [0.25, 0.3) is 0 Å². The molecule has 1 aromatic rings. The molecule has 1 aliphatic heterocycles. The molecule has 1 fully saturated rings. The first-order chi connectivity index (χ1) is 11.5. The van der Waals surface area contributed by atoms with Crippen LogP contribution in [0.1, 0.15) is 25.5 Å². The molecule has 0 aliphatic carbocycles. The van der Waals surface area contributed by atoms with E-state index in [0.29, 0.717) is 25.4 Å². The van der Waals surface area contributed by atoms with Crippen molar-refractivity contribution in [2.75, 3.05) is 38.2 Å². The van der Waals surface area contributed by atoms with Crippen molar-refractivity contribution in [3.63, 3.8) is 0 Å². The van der Waals surface area contributed by atoms with Crippen molar-refractivity contribution in [3.8, 4) is 6.07 Å². The number of carbonyl (C=O) groups is 2. The number of anilines is 1. The molecule has 2 rings (SSSR count). The van der Waals surface area contributed by atoms with Crippen LogP contribution >= 0.6 is 0 Å². The fraction of sp³-hybridized carbons (Fsp3) is 0.529. The Labute approximate surface area is 141 Å². The second kappa shape index (κ2) is 8.29. The molecule has 0 saturated carbocycles. The first kappa shape index (κ1) is 17.7. The fourth-order valence-corrected chi connectivity index (χ4v) is 2.73. The Bertz CT molecular complexity index is 624. The Kier molecular flexibility index (Phi) is 6.13. The van der Waals surface area contributed by atoms with Crippen molar-refractivity contribution in [3.05, 3.63) is 24.0 Å². The standard InChI is InChI=1S/C17H22N4O3/c1-3-24-17(23)13-5-4-8-21(11-13)16(22)12-20(2)15-7-6-14(9-18)19-10-15/h6-7,10,13H,3-5,8,11-12H2,1-2H3/t13-/m1/s1. The van der Waals surface area contributed by atoms with Crippen LogP contribution in [-0.2, 0) is 14.3 Å². The largest absolute Gasteiger partial charge is 0.466 e. The highest BCUT2D eigenvalue weighted by atomic mass is 16.5. The van der Waals surface area contributed by atoms with E-state index in [9.17, 15) is 9.59 Å². The zero-order valence-electron chi connectivity index (χ0n) is 14.1. The normalized spacial score (nSPS) is 17.0. The van der Waals surface area contributed by atoms with Gasteiger partial charge in [0.1, 0.15) is 11.8 Å². The smallest absolute Gasteiger partial charge is 0.310 e. The van der Waals surface area contributed by atoms with Crippen LogP contribution in [0.4, 0.5) is 5.69 Å². The predicted octanol–water partition coefficient (Wildman–Crippen LogP) is 1.19. The summed E-state index contributed by atoms with van der Waals surface area (Å²) < 4.78 is 5.06. The Morgan fingerprint density at radius 3 is 2.92 bits per heavy atom. The molecule has 2 heterocycles. The SMILES string of the molecule is CCOC(=O)[C@@H]1CCCN(C(=O)CN(C)c2ccc(C#N)nc2)C1. The van der Waals surface area contributed by atoms with E-state index in [1.165, 1.54) is 0 Å². The topological polar surface area (TPSA) is 86.5 Å². The van der Waals surface area contributed by atoms with Gasteiger partial charge in [-0.1, -0.05) is 0 Å². The summed E-state index contributed by atoms with van der Waals surface area (Å²) in [4.78, 5) is 31.9. The van der Waals surface area contributed by atoms with Gasteiger partial charge in [0.05, 0.1) is 31.0 Å². The molecule has 1 atom stereocenters. The van der Waals surface area contributed by atoms with E-state index >= 15 is 0 Å². The molecular weight excluding hydrogens is 308 g/mol. The van der Waals surface area contributed by atoms with E-state index in [1.807, 2.05) is 6.07 Å². The van der Waals surface area contributed by atoms with Gasteiger partial charge in [-0.3, -0.25) is 9.59 Å². The number of hydrogen-bond acceptors (Lipinski definition) is 6. The minimum Gasteiger partial charge on any atom is -0.466 e. The van der Waals surface area contributed by atoms with Crippen molar-refractivity contribution >= 4 is 17.6 Å². The third kappa shape index (κ3) is 4.44. The number of aromatic nitrogens is 1. The Hall–Kier alpha value is -2.62. The molecule has 7 nitrogen and oxygen atoms in total. The maximum absolute atomic E-state index is 12.5. The first-order valence-corrected chi connectivity index (χ1v) is 8.06. The molecule has 0 spiro atoms. The average molecular weight is 330 g/mol.